The lowest BCUT2D eigenvalue weighted by molar-refractivity contribution is -0.113. The average Bonchev–Trinajstić information content (AvgIpc) is 3.15. The first-order chi connectivity index (χ1) is 14.5. The Morgan fingerprint density at radius 2 is 1.77 bits per heavy atom. The van der Waals surface area contributed by atoms with Crippen LogP contribution in [0.15, 0.2) is 42.5 Å². The molecule has 3 unspecified atom stereocenters. The summed E-state index contributed by atoms with van der Waals surface area (Å²) in [5, 5.41) is 29.8. The molecule has 1 saturated heterocycles. The van der Waals surface area contributed by atoms with Crippen LogP contribution in [0.25, 0.3) is 0 Å². The van der Waals surface area contributed by atoms with Gasteiger partial charge in [0.05, 0.1) is 31.0 Å². The Balaban J connectivity index is 1.43. The minimum atomic E-state index is -0.478. The average molecular weight is 433 g/mol. The van der Waals surface area contributed by atoms with Crippen LogP contribution in [-0.2, 0) is 11.2 Å². The number of aliphatic hydroxyl groups is 3. The van der Waals surface area contributed by atoms with Gasteiger partial charge in [0.2, 0.25) is 0 Å². The molecule has 1 aliphatic heterocycles. The molecule has 6 heteroatoms. The standard InChI is InChI=1S/C24H29ClO5/c25-23-8-3-16(24-13-19(28)12-22(14-26)30-24)10-17(23)9-15-1-5-20(6-2-15)29-21-7-4-18(27)11-21/h1-3,5-6,8,10,18-19,21-22,24,26-28H,4,7,9,11-14H2/t18?,19?,21?,22-,24+/m0/s1. The Bertz CT molecular complexity index is 840. The highest BCUT2D eigenvalue weighted by Gasteiger charge is 2.29. The third-order valence-corrected chi connectivity index (χ3v) is 6.37. The van der Waals surface area contributed by atoms with Crippen molar-refractivity contribution in [1.82, 2.24) is 0 Å². The number of ether oxygens (including phenoxy) is 2. The van der Waals surface area contributed by atoms with Gasteiger partial charge in [0.1, 0.15) is 11.9 Å². The van der Waals surface area contributed by atoms with Crippen LogP contribution in [0, 0.1) is 0 Å². The van der Waals surface area contributed by atoms with Crippen LogP contribution >= 0.6 is 11.6 Å². The Labute approximate surface area is 182 Å². The Kier molecular flexibility index (Phi) is 6.96. The largest absolute Gasteiger partial charge is 0.490 e. The maximum atomic E-state index is 10.1. The molecule has 0 radical (unpaired) electrons. The Morgan fingerprint density at radius 1 is 0.967 bits per heavy atom. The first kappa shape index (κ1) is 21.6. The number of aliphatic hydroxyl groups excluding tert-OH is 3. The highest BCUT2D eigenvalue weighted by molar-refractivity contribution is 6.31. The molecule has 2 aromatic rings. The van der Waals surface area contributed by atoms with Gasteiger partial charge in [-0.05, 0) is 54.2 Å². The fourth-order valence-electron chi connectivity index (χ4n) is 4.38. The topological polar surface area (TPSA) is 79.2 Å². The second-order valence-electron chi connectivity index (χ2n) is 8.43. The minimum absolute atomic E-state index is 0.0885. The molecule has 2 aliphatic rings. The zero-order valence-corrected chi connectivity index (χ0v) is 17.7. The van der Waals surface area contributed by atoms with Crippen LogP contribution in [0.4, 0.5) is 0 Å². The zero-order chi connectivity index (χ0) is 21.1. The summed E-state index contributed by atoms with van der Waals surface area (Å²) in [5.41, 5.74) is 3.07. The summed E-state index contributed by atoms with van der Waals surface area (Å²) in [5.74, 6) is 0.817. The molecule has 1 heterocycles. The maximum absolute atomic E-state index is 10.1. The lowest BCUT2D eigenvalue weighted by atomic mass is 9.94. The fraction of sp³-hybridized carbons (Fsp3) is 0.500. The molecule has 5 nitrogen and oxygen atoms in total. The summed E-state index contributed by atoms with van der Waals surface area (Å²) < 4.78 is 11.9. The molecule has 0 aromatic heterocycles. The summed E-state index contributed by atoms with van der Waals surface area (Å²) in [7, 11) is 0. The molecule has 2 aromatic carbocycles. The predicted octanol–water partition coefficient (Wildman–Crippen LogP) is 3.80. The molecule has 5 atom stereocenters. The summed E-state index contributed by atoms with van der Waals surface area (Å²) in [6.07, 6.45) is 2.81. The summed E-state index contributed by atoms with van der Waals surface area (Å²) in [6, 6.07) is 13.8. The molecule has 162 valence electrons. The van der Waals surface area contributed by atoms with Gasteiger partial charge in [-0.2, -0.15) is 0 Å². The quantitative estimate of drug-likeness (QED) is 0.647. The monoisotopic (exact) mass is 432 g/mol. The van der Waals surface area contributed by atoms with E-state index in [1.54, 1.807) is 0 Å². The molecular weight excluding hydrogens is 404 g/mol. The third-order valence-electron chi connectivity index (χ3n) is 6.00. The maximum Gasteiger partial charge on any atom is 0.119 e. The van der Waals surface area contributed by atoms with E-state index in [1.807, 2.05) is 42.5 Å². The minimum Gasteiger partial charge on any atom is -0.490 e. The Hall–Kier alpha value is -1.63. The SMILES string of the molecule is OC[C@@H]1CC(O)C[C@H](c2ccc(Cl)c(Cc3ccc(OC4CCC(O)C4)cc3)c2)O1. The van der Waals surface area contributed by atoms with E-state index in [4.69, 9.17) is 21.1 Å². The van der Waals surface area contributed by atoms with Crippen LogP contribution in [0.3, 0.4) is 0 Å². The Morgan fingerprint density at radius 3 is 2.47 bits per heavy atom. The van der Waals surface area contributed by atoms with E-state index in [2.05, 4.69) is 0 Å². The van der Waals surface area contributed by atoms with Crippen molar-refractivity contribution in [3.63, 3.8) is 0 Å². The highest BCUT2D eigenvalue weighted by atomic mass is 35.5. The van der Waals surface area contributed by atoms with Gasteiger partial charge in [0.15, 0.2) is 0 Å². The fourth-order valence-corrected chi connectivity index (χ4v) is 4.56. The molecule has 30 heavy (non-hydrogen) atoms. The third kappa shape index (κ3) is 5.34. The number of rotatable bonds is 6. The van der Waals surface area contributed by atoms with Crippen molar-refractivity contribution >= 4 is 11.6 Å². The molecule has 3 N–H and O–H groups in total. The molecular formula is C24H29ClO5. The van der Waals surface area contributed by atoms with Crippen molar-refractivity contribution in [1.29, 1.82) is 0 Å². The number of hydrogen-bond donors (Lipinski definition) is 3. The van der Waals surface area contributed by atoms with E-state index < -0.39 is 6.10 Å². The first-order valence-corrected chi connectivity index (χ1v) is 11.0. The molecule has 1 saturated carbocycles. The molecule has 1 aliphatic carbocycles. The van der Waals surface area contributed by atoms with Crippen LogP contribution in [0.1, 0.15) is 54.9 Å². The summed E-state index contributed by atoms with van der Waals surface area (Å²) >= 11 is 6.45. The van der Waals surface area contributed by atoms with E-state index >= 15 is 0 Å². The van der Waals surface area contributed by atoms with Gasteiger partial charge in [0, 0.05) is 24.3 Å². The lowest BCUT2D eigenvalue weighted by Crippen LogP contribution is -2.33. The molecule has 0 bridgehead atoms. The van der Waals surface area contributed by atoms with Crippen molar-refractivity contribution < 1.29 is 24.8 Å². The van der Waals surface area contributed by atoms with Gasteiger partial charge in [-0.1, -0.05) is 35.9 Å². The summed E-state index contributed by atoms with van der Waals surface area (Å²) in [4.78, 5) is 0. The van der Waals surface area contributed by atoms with Gasteiger partial charge in [-0.15, -0.1) is 0 Å². The number of hydrogen-bond acceptors (Lipinski definition) is 5. The van der Waals surface area contributed by atoms with E-state index in [0.29, 0.717) is 30.7 Å². The normalized spacial score (nSPS) is 29.1. The summed E-state index contributed by atoms with van der Waals surface area (Å²) in [6.45, 7) is -0.0950. The second kappa shape index (κ2) is 9.67. The van der Waals surface area contributed by atoms with Crippen molar-refractivity contribution in [2.45, 2.75) is 69.0 Å². The first-order valence-electron chi connectivity index (χ1n) is 10.7. The molecule has 0 spiro atoms. The number of halogens is 1. The van der Waals surface area contributed by atoms with Crippen molar-refractivity contribution in [2.24, 2.45) is 0 Å². The van der Waals surface area contributed by atoms with Crippen molar-refractivity contribution in [3.05, 3.63) is 64.2 Å². The van der Waals surface area contributed by atoms with Crippen molar-refractivity contribution in [2.75, 3.05) is 6.61 Å². The lowest BCUT2D eigenvalue weighted by Gasteiger charge is -2.32. The van der Waals surface area contributed by atoms with E-state index in [0.717, 1.165) is 35.3 Å². The van der Waals surface area contributed by atoms with Gasteiger partial charge in [-0.25, -0.2) is 0 Å². The molecule has 0 amide bonds. The van der Waals surface area contributed by atoms with Gasteiger partial charge in [-0.3, -0.25) is 0 Å². The van der Waals surface area contributed by atoms with Gasteiger partial charge >= 0.3 is 0 Å². The van der Waals surface area contributed by atoms with Crippen LogP contribution in [0.2, 0.25) is 5.02 Å². The van der Waals surface area contributed by atoms with Gasteiger partial charge in [0.25, 0.3) is 0 Å². The molecule has 4 rings (SSSR count). The van der Waals surface area contributed by atoms with Crippen LogP contribution in [0.5, 0.6) is 5.75 Å². The van der Waals surface area contributed by atoms with E-state index in [1.165, 1.54) is 0 Å². The second-order valence-corrected chi connectivity index (χ2v) is 8.84. The highest BCUT2D eigenvalue weighted by Crippen LogP contribution is 2.34. The smallest absolute Gasteiger partial charge is 0.119 e. The van der Waals surface area contributed by atoms with E-state index in [9.17, 15) is 15.3 Å². The van der Waals surface area contributed by atoms with Crippen molar-refractivity contribution in [3.8, 4) is 5.75 Å². The van der Waals surface area contributed by atoms with Crippen LogP contribution < -0.4 is 4.74 Å². The van der Waals surface area contributed by atoms with E-state index in [-0.39, 0.29) is 31.0 Å². The zero-order valence-electron chi connectivity index (χ0n) is 16.9. The number of benzene rings is 2. The molecule has 2 fully saturated rings. The van der Waals surface area contributed by atoms with Gasteiger partial charge < -0.3 is 24.8 Å². The predicted molar refractivity (Wildman–Crippen MR) is 115 cm³/mol. The van der Waals surface area contributed by atoms with Crippen LogP contribution in [-0.4, -0.2) is 46.3 Å².